The van der Waals surface area contributed by atoms with Crippen molar-refractivity contribution in [1.29, 1.82) is 0 Å². The number of nitrogens with one attached hydrogen (secondary N) is 1. The summed E-state index contributed by atoms with van der Waals surface area (Å²) in [4.78, 5) is 20.4. The Balaban J connectivity index is 1.96. The maximum Gasteiger partial charge on any atom is 0.266 e. The normalized spacial score (nSPS) is 20.9. The highest BCUT2D eigenvalue weighted by molar-refractivity contribution is 7.89. The summed E-state index contributed by atoms with van der Waals surface area (Å²) >= 11 is 0. The molecule has 1 atom stereocenters. The molecule has 2 aromatic rings. The lowest BCUT2D eigenvalue weighted by atomic mass is 10.2. The summed E-state index contributed by atoms with van der Waals surface area (Å²) in [6, 6.07) is 4.55. The van der Waals surface area contributed by atoms with Crippen molar-refractivity contribution in [2.45, 2.75) is 24.8 Å². The zero-order valence-corrected chi connectivity index (χ0v) is 14.0. The molecule has 0 radical (unpaired) electrons. The molecule has 124 valence electrons. The predicted molar refractivity (Wildman–Crippen MR) is 87.8 cm³/mol. The molecule has 1 aromatic heterocycles. The first-order valence-corrected chi connectivity index (χ1v) is 9.09. The number of sulfonamides is 1. The van der Waals surface area contributed by atoms with Crippen LogP contribution in [-0.2, 0) is 10.0 Å². The van der Waals surface area contributed by atoms with Gasteiger partial charge >= 0.3 is 0 Å². The second-order valence-electron chi connectivity index (χ2n) is 5.78. The fourth-order valence-corrected chi connectivity index (χ4v) is 4.61. The van der Waals surface area contributed by atoms with Crippen molar-refractivity contribution in [3.8, 4) is 0 Å². The fourth-order valence-electron chi connectivity index (χ4n) is 2.97. The minimum absolute atomic E-state index is 0.0760. The van der Waals surface area contributed by atoms with Crippen molar-refractivity contribution >= 4 is 21.1 Å². The molecular formula is C15H20N4O3S. The van der Waals surface area contributed by atoms with E-state index in [1.807, 2.05) is 6.92 Å². The number of aromatic nitrogens is 2. The first-order valence-electron chi connectivity index (χ1n) is 7.65. The molecule has 1 unspecified atom stereocenters. The summed E-state index contributed by atoms with van der Waals surface area (Å²) in [6.07, 6.45) is 1.15. The van der Waals surface area contributed by atoms with Crippen LogP contribution >= 0.6 is 0 Å². The fraction of sp³-hybridized carbons (Fsp3) is 0.467. The quantitative estimate of drug-likeness (QED) is 0.889. The van der Waals surface area contributed by atoms with E-state index in [-0.39, 0.29) is 16.5 Å². The monoisotopic (exact) mass is 336 g/mol. The first kappa shape index (κ1) is 16.1. The van der Waals surface area contributed by atoms with Crippen LogP contribution in [0, 0.1) is 0 Å². The predicted octanol–water partition coefficient (Wildman–Crippen LogP) is 0.638. The molecule has 1 N–H and O–H groups in total. The maximum atomic E-state index is 12.9. The molecule has 8 heteroatoms. The standard InChI is InChI=1S/C15H20N4O3S/c1-3-18-6-7-19(11(2)10-18)23(21,22)12-4-5-13-14(8-12)16-9-15(20)17-13/h4-5,8-9,11H,3,6-7,10H2,1-2H3,(H,17,20). The Kier molecular flexibility index (Phi) is 4.22. The summed E-state index contributed by atoms with van der Waals surface area (Å²) in [7, 11) is -3.57. The van der Waals surface area contributed by atoms with Gasteiger partial charge < -0.3 is 9.88 Å². The van der Waals surface area contributed by atoms with Crippen LogP contribution in [0.1, 0.15) is 13.8 Å². The summed E-state index contributed by atoms with van der Waals surface area (Å²) in [5.74, 6) is 0. The van der Waals surface area contributed by atoms with E-state index in [0.717, 1.165) is 25.8 Å². The molecule has 0 spiro atoms. The highest BCUT2D eigenvalue weighted by Crippen LogP contribution is 2.23. The Morgan fingerprint density at radius 2 is 2.13 bits per heavy atom. The molecule has 0 bridgehead atoms. The number of fused-ring (bicyclic) bond motifs is 1. The van der Waals surface area contributed by atoms with E-state index >= 15 is 0 Å². The van der Waals surface area contributed by atoms with Gasteiger partial charge in [0.25, 0.3) is 5.56 Å². The van der Waals surface area contributed by atoms with Crippen LogP contribution < -0.4 is 5.56 Å². The average molecular weight is 336 g/mol. The SMILES string of the molecule is CCN1CCN(S(=O)(=O)c2ccc3[nH]c(=O)cnc3c2)C(C)C1. The molecule has 0 aliphatic carbocycles. The molecule has 7 nitrogen and oxygen atoms in total. The van der Waals surface area contributed by atoms with Gasteiger partial charge in [-0.15, -0.1) is 0 Å². The lowest BCUT2D eigenvalue weighted by Gasteiger charge is -2.38. The minimum Gasteiger partial charge on any atom is -0.319 e. The maximum absolute atomic E-state index is 12.9. The van der Waals surface area contributed by atoms with Gasteiger partial charge in [0.2, 0.25) is 10.0 Å². The molecule has 1 saturated heterocycles. The largest absolute Gasteiger partial charge is 0.319 e. The Morgan fingerprint density at radius 1 is 1.35 bits per heavy atom. The summed E-state index contributed by atoms with van der Waals surface area (Å²) in [5.41, 5.74) is 0.684. The van der Waals surface area contributed by atoms with Gasteiger partial charge in [-0.3, -0.25) is 4.79 Å². The number of hydrogen-bond donors (Lipinski definition) is 1. The number of rotatable bonds is 3. The summed E-state index contributed by atoms with van der Waals surface area (Å²) in [5, 5.41) is 0. The van der Waals surface area contributed by atoms with Crippen LogP contribution in [0.4, 0.5) is 0 Å². The van der Waals surface area contributed by atoms with Crippen LogP contribution in [0.3, 0.4) is 0 Å². The zero-order chi connectivity index (χ0) is 16.6. The number of H-pyrrole nitrogens is 1. The smallest absolute Gasteiger partial charge is 0.266 e. The Morgan fingerprint density at radius 3 is 2.83 bits per heavy atom. The van der Waals surface area contributed by atoms with Crippen LogP contribution in [0.5, 0.6) is 0 Å². The molecule has 0 saturated carbocycles. The number of hydrogen-bond acceptors (Lipinski definition) is 5. The van der Waals surface area contributed by atoms with E-state index in [1.54, 1.807) is 10.4 Å². The molecule has 2 heterocycles. The number of aromatic amines is 1. The molecule has 1 aliphatic rings. The van der Waals surface area contributed by atoms with Gasteiger partial charge in [-0.2, -0.15) is 4.31 Å². The molecule has 1 fully saturated rings. The van der Waals surface area contributed by atoms with Crippen molar-refractivity contribution < 1.29 is 8.42 Å². The third-order valence-corrected chi connectivity index (χ3v) is 6.26. The van der Waals surface area contributed by atoms with Gasteiger partial charge in [0.05, 0.1) is 22.1 Å². The molecule has 0 amide bonds. The number of piperazine rings is 1. The van der Waals surface area contributed by atoms with Crippen LogP contribution in [0.25, 0.3) is 11.0 Å². The number of nitrogens with zero attached hydrogens (tertiary/aromatic N) is 3. The first-order chi connectivity index (χ1) is 10.9. The van der Waals surface area contributed by atoms with Gasteiger partial charge in [-0.05, 0) is 31.7 Å². The highest BCUT2D eigenvalue weighted by Gasteiger charge is 2.33. The number of likely N-dealkylation sites (N-methyl/N-ethyl adjacent to an activating group) is 1. The van der Waals surface area contributed by atoms with Crippen LogP contribution in [0.2, 0.25) is 0 Å². The lowest BCUT2D eigenvalue weighted by molar-refractivity contribution is 0.150. The van der Waals surface area contributed by atoms with Crippen LogP contribution in [-0.4, -0.2) is 59.8 Å². The third-order valence-electron chi connectivity index (χ3n) is 4.25. The molecule has 1 aromatic carbocycles. The molecule has 3 rings (SSSR count). The van der Waals surface area contributed by atoms with E-state index in [2.05, 4.69) is 21.8 Å². The Bertz CT molecular complexity index is 878. The molecular weight excluding hydrogens is 316 g/mol. The highest BCUT2D eigenvalue weighted by atomic mass is 32.2. The van der Waals surface area contributed by atoms with E-state index in [4.69, 9.17) is 0 Å². The molecule has 1 aliphatic heterocycles. The van der Waals surface area contributed by atoms with Crippen molar-refractivity contribution in [1.82, 2.24) is 19.2 Å². The van der Waals surface area contributed by atoms with Crippen molar-refractivity contribution in [3.63, 3.8) is 0 Å². The van der Waals surface area contributed by atoms with Gasteiger partial charge in [-0.25, -0.2) is 13.4 Å². The molecule has 23 heavy (non-hydrogen) atoms. The van der Waals surface area contributed by atoms with Gasteiger partial charge in [0.15, 0.2) is 0 Å². The second kappa shape index (κ2) is 6.03. The third kappa shape index (κ3) is 3.01. The van der Waals surface area contributed by atoms with Gasteiger partial charge in [0, 0.05) is 25.7 Å². The summed E-state index contributed by atoms with van der Waals surface area (Å²) in [6.45, 7) is 6.87. The van der Waals surface area contributed by atoms with E-state index in [9.17, 15) is 13.2 Å². The second-order valence-corrected chi connectivity index (χ2v) is 7.67. The minimum atomic E-state index is -3.57. The van der Waals surface area contributed by atoms with Gasteiger partial charge in [0.1, 0.15) is 0 Å². The lowest BCUT2D eigenvalue weighted by Crippen LogP contribution is -2.53. The van der Waals surface area contributed by atoms with Crippen LogP contribution in [0.15, 0.2) is 34.1 Å². The zero-order valence-electron chi connectivity index (χ0n) is 13.2. The number of benzene rings is 1. The van der Waals surface area contributed by atoms with Crippen molar-refractivity contribution in [2.24, 2.45) is 0 Å². The van der Waals surface area contributed by atoms with E-state index < -0.39 is 10.0 Å². The average Bonchev–Trinajstić information content (AvgIpc) is 2.53. The van der Waals surface area contributed by atoms with Crippen molar-refractivity contribution in [3.05, 3.63) is 34.7 Å². The van der Waals surface area contributed by atoms with Gasteiger partial charge in [-0.1, -0.05) is 6.92 Å². The Labute approximate surface area is 135 Å². The van der Waals surface area contributed by atoms with E-state index in [1.165, 1.54) is 12.1 Å². The van der Waals surface area contributed by atoms with Crippen molar-refractivity contribution in [2.75, 3.05) is 26.2 Å². The Hall–Kier alpha value is -1.77. The topological polar surface area (TPSA) is 86.4 Å². The summed E-state index contributed by atoms with van der Waals surface area (Å²) < 4.78 is 27.4. The van der Waals surface area contributed by atoms with E-state index in [0.29, 0.717) is 17.6 Å².